The Bertz CT molecular complexity index is 164. The van der Waals surface area contributed by atoms with E-state index in [2.05, 4.69) is 18.8 Å². The SMILES string of the molecule is CN=CC(CC(=O)O)CC(C)C. The van der Waals surface area contributed by atoms with Gasteiger partial charge in [0.25, 0.3) is 0 Å². The molecule has 3 heteroatoms. The van der Waals surface area contributed by atoms with Crippen LogP contribution in [0.25, 0.3) is 0 Å². The number of aliphatic carboxylic acids is 1. The fraction of sp³-hybridized carbons (Fsp3) is 0.778. The van der Waals surface area contributed by atoms with Crippen molar-refractivity contribution < 1.29 is 9.90 Å². The van der Waals surface area contributed by atoms with Gasteiger partial charge >= 0.3 is 5.97 Å². The summed E-state index contributed by atoms with van der Waals surface area (Å²) in [5, 5.41) is 8.56. The summed E-state index contributed by atoms with van der Waals surface area (Å²) in [6.45, 7) is 4.16. The third-order valence-electron chi connectivity index (χ3n) is 1.57. The average Bonchev–Trinajstić information content (AvgIpc) is 1.84. The normalized spacial score (nSPS) is 14.0. The lowest BCUT2D eigenvalue weighted by Gasteiger charge is -2.11. The minimum Gasteiger partial charge on any atom is -0.481 e. The molecule has 1 atom stereocenters. The van der Waals surface area contributed by atoms with Crippen LogP contribution in [-0.4, -0.2) is 24.3 Å². The lowest BCUT2D eigenvalue weighted by atomic mass is 9.95. The van der Waals surface area contributed by atoms with Crippen LogP contribution in [0.15, 0.2) is 4.99 Å². The monoisotopic (exact) mass is 171 g/mol. The Morgan fingerprint density at radius 1 is 1.58 bits per heavy atom. The van der Waals surface area contributed by atoms with E-state index in [9.17, 15) is 4.79 Å². The summed E-state index contributed by atoms with van der Waals surface area (Å²) >= 11 is 0. The maximum Gasteiger partial charge on any atom is 0.303 e. The zero-order valence-corrected chi connectivity index (χ0v) is 7.95. The molecule has 0 aliphatic heterocycles. The Morgan fingerprint density at radius 2 is 2.17 bits per heavy atom. The molecule has 0 aromatic rings. The summed E-state index contributed by atoms with van der Waals surface area (Å²) in [7, 11) is 1.68. The Hall–Kier alpha value is -0.860. The van der Waals surface area contributed by atoms with Gasteiger partial charge in [0.1, 0.15) is 0 Å². The summed E-state index contributed by atoms with van der Waals surface area (Å²) in [4.78, 5) is 14.3. The highest BCUT2D eigenvalue weighted by atomic mass is 16.4. The number of rotatable bonds is 5. The van der Waals surface area contributed by atoms with E-state index >= 15 is 0 Å². The third-order valence-corrected chi connectivity index (χ3v) is 1.57. The van der Waals surface area contributed by atoms with Gasteiger partial charge in [-0.2, -0.15) is 0 Å². The van der Waals surface area contributed by atoms with Gasteiger partial charge in [-0.3, -0.25) is 4.79 Å². The number of hydrogen-bond acceptors (Lipinski definition) is 2. The van der Waals surface area contributed by atoms with E-state index in [0.29, 0.717) is 5.92 Å². The second-order valence-corrected chi connectivity index (χ2v) is 3.39. The molecule has 0 aliphatic carbocycles. The van der Waals surface area contributed by atoms with Crippen LogP contribution in [0.1, 0.15) is 26.7 Å². The number of carboxylic acids is 1. The van der Waals surface area contributed by atoms with Crippen LogP contribution < -0.4 is 0 Å². The highest BCUT2D eigenvalue weighted by molar-refractivity contribution is 5.73. The van der Waals surface area contributed by atoms with E-state index in [4.69, 9.17) is 5.11 Å². The van der Waals surface area contributed by atoms with Gasteiger partial charge in [-0.05, 0) is 12.3 Å². The first-order valence-electron chi connectivity index (χ1n) is 4.20. The van der Waals surface area contributed by atoms with E-state index in [1.807, 2.05) is 0 Å². The minimum atomic E-state index is -0.749. The van der Waals surface area contributed by atoms with Gasteiger partial charge in [0.2, 0.25) is 0 Å². The molecule has 0 spiro atoms. The van der Waals surface area contributed by atoms with E-state index in [0.717, 1.165) is 6.42 Å². The molecular formula is C9H17NO2. The van der Waals surface area contributed by atoms with Crippen molar-refractivity contribution in [3.63, 3.8) is 0 Å². The van der Waals surface area contributed by atoms with Gasteiger partial charge in [-0.1, -0.05) is 13.8 Å². The van der Waals surface area contributed by atoms with Crippen LogP contribution >= 0.6 is 0 Å². The molecule has 1 N–H and O–H groups in total. The molecule has 0 aliphatic rings. The second kappa shape index (κ2) is 5.75. The van der Waals surface area contributed by atoms with E-state index in [1.54, 1.807) is 13.3 Å². The topological polar surface area (TPSA) is 49.7 Å². The number of aliphatic imine (C=N–C) groups is 1. The van der Waals surface area contributed by atoms with Gasteiger partial charge in [0.15, 0.2) is 0 Å². The Balaban J connectivity index is 3.95. The van der Waals surface area contributed by atoms with Crippen LogP contribution in [0.5, 0.6) is 0 Å². The molecule has 1 unspecified atom stereocenters. The standard InChI is InChI=1S/C9H17NO2/c1-7(2)4-8(6-10-3)5-9(11)12/h6-8H,4-5H2,1-3H3,(H,11,12). The summed E-state index contributed by atoms with van der Waals surface area (Å²) in [5.41, 5.74) is 0. The molecular weight excluding hydrogens is 154 g/mol. The van der Waals surface area contributed by atoms with Crippen molar-refractivity contribution in [3.8, 4) is 0 Å². The molecule has 0 saturated carbocycles. The van der Waals surface area contributed by atoms with Gasteiger partial charge < -0.3 is 10.1 Å². The lowest BCUT2D eigenvalue weighted by molar-refractivity contribution is -0.137. The molecule has 3 nitrogen and oxygen atoms in total. The molecule has 12 heavy (non-hydrogen) atoms. The second-order valence-electron chi connectivity index (χ2n) is 3.39. The van der Waals surface area contributed by atoms with Crippen LogP contribution in [-0.2, 0) is 4.79 Å². The Labute approximate surface area is 73.5 Å². The van der Waals surface area contributed by atoms with Crippen molar-refractivity contribution in [3.05, 3.63) is 0 Å². The molecule has 0 saturated heterocycles. The fourth-order valence-electron chi connectivity index (χ4n) is 1.24. The van der Waals surface area contributed by atoms with E-state index < -0.39 is 5.97 Å². The first-order chi connectivity index (χ1) is 5.56. The maximum atomic E-state index is 10.4. The van der Waals surface area contributed by atoms with Crippen molar-refractivity contribution in [1.29, 1.82) is 0 Å². The first-order valence-corrected chi connectivity index (χ1v) is 4.20. The van der Waals surface area contributed by atoms with Gasteiger partial charge in [0.05, 0.1) is 6.42 Å². The van der Waals surface area contributed by atoms with Crippen LogP contribution in [0, 0.1) is 11.8 Å². The van der Waals surface area contributed by atoms with Gasteiger partial charge in [-0.15, -0.1) is 0 Å². The highest BCUT2D eigenvalue weighted by Crippen LogP contribution is 2.13. The van der Waals surface area contributed by atoms with Crippen molar-refractivity contribution >= 4 is 12.2 Å². The number of carbonyl (C=O) groups is 1. The Morgan fingerprint density at radius 3 is 2.50 bits per heavy atom. The first kappa shape index (κ1) is 11.1. The average molecular weight is 171 g/mol. The van der Waals surface area contributed by atoms with Crippen molar-refractivity contribution in [2.24, 2.45) is 16.8 Å². The minimum absolute atomic E-state index is 0.0903. The van der Waals surface area contributed by atoms with Gasteiger partial charge in [-0.25, -0.2) is 0 Å². The molecule has 0 heterocycles. The van der Waals surface area contributed by atoms with Crippen molar-refractivity contribution in [2.75, 3.05) is 7.05 Å². The molecule has 0 rings (SSSR count). The summed E-state index contributed by atoms with van der Waals surface area (Å²) in [6, 6.07) is 0. The molecule has 0 amide bonds. The summed E-state index contributed by atoms with van der Waals surface area (Å²) < 4.78 is 0. The molecule has 0 aromatic carbocycles. The van der Waals surface area contributed by atoms with E-state index in [1.165, 1.54) is 0 Å². The largest absolute Gasteiger partial charge is 0.481 e. The number of hydrogen-bond donors (Lipinski definition) is 1. The molecule has 0 fully saturated rings. The van der Waals surface area contributed by atoms with Crippen LogP contribution in [0.2, 0.25) is 0 Å². The quantitative estimate of drug-likeness (QED) is 0.641. The maximum absolute atomic E-state index is 10.4. The smallest absolute Gasteiger partial charge is 0.303 e. The summed E-state index contributed by atoms with van der Waals surface area (Å²) in [5.74, 6) is -0.139. The fourth-order valence-corrected chi connectivity index (χ4v) is 1.24. The predicted molar refractivity (Wildman–Crippen MR) is 49.6 cm³/mol. The number of carboxylic acid groups (broad SMARTS) is 1. The van der Waals surface area contributed by atoms with E-state index in [-0.39, 0.29) is 12.3 Å². The zero-order valence-electron chi connectivity index (χ0n) is 7.95. The molecule has 0 radical (unpaired) electrons. The predicted octanol–water partition coefficient (Wildman–Crippen LogP) is 1.82. The lowest BCUT2D eigenvalue weighted by Crippen LogP contribution is -2.11. The molecule has 70 valence electrons. The third kappa shape index (κ3) is 5.89. The van der Waals surface area contributed by atoms with Crippen molar-refractivity contribution in [2.45, 2.75) is 26.7 Å². The highest BCUT2D eigenvalue weighted by Gasteiger charge is 2.11. The Kier molecular flexibility index (Phi) is 5.34. The summed E-state index contributed by atoms with van der Waals surface area (Å²) in [6.07, 6.45) is 2.81. The molecule has 0 bridgehead atoms. The number of nitrogens with zero attached hydrogens (tertiary/aromatic N) is 1. The van der Waals surface area contributed by atoms with Crippen LogP contribution in [0.4, 0.5) is 0 Å². The zero-order chi connectivity index (χ0) is 9.56. The van der Waals surface area contributed by atoms with Crippen LogP contribution in [0.3, 0.4) is 0 Å². The molecule has 0 aromatic heterocycles. The van der Waals surface area contributed by atoms with Crippen molar-refractivity contribution in [1.82, 2.24) is 0 Å². The van der Waals surface area contributed by atoms with Gasteiger partial charge in [0, 0.05) is 19.2 Å².